The zero-order valence-corrected chi connectivity index (χ0v) is 13.5. The summed E-state index contributed by atoms with van der Waals surface area (Å²) in [6.45, 7) is 17.0. The predicted molar refractivity (Wildman–Crippen MR) is 80.5 cm³/mol. The molecule has 1 fully saturated rings. The molecule has 2 aliphatic carbocycles. The average Bonchev–Trinajstić information content (AvgIpc) is 2.30. The molecule has 0 radical (unpaired) electrons. The number of fused-ring (bicyclic) bond motifs is 1. The van der Waals surface area contributed by atoms with Gasteiger partial charge in [0.15, 0.2) is 0 Å². The highest BCUT2D eigenvalue weighted by Gasteiger charge is 2.59. The molecule has 0 amide bonds. The van der Waals surface area contributed by atoms with Gasteiger partial charge in [-0.05, 0) is 48.9 Å². The van der Waals surface area contributed by atoms with E-state index >= 15 is 0 Å². The Hall–Kier alpha value is -0.260. The molecule has 0 saturated heterocycles. The fourth-order valence-corrected chi connectivity index (χ4v) is 5.35. The summed E-state index contributed by atoms with van der Waals surface area (Å²) in [4.78, 5) is 0. The Balaban J connectivity index is 2.37. The molecule has 0 heteroatoms. The van der Waals surface area contributed by atoms with E-state index in [-0.39, 0.29) is 0 Å². The minimum atomic E-state index is 0.437. The molecule has 5 atom stereocenters. The number of hydrogen-bond donors (Lipinski definition) is 0. The lowest BCUT2D eigenvalue weighted by molar-refractivity contribution is -0.117. The van der Waals surface area contributed by atoms with Crippen LogP contribution in [0.1, 0.15) is 67.7 Å². The Morgan fingerprint density at radius 3 is 2.17 bits per heavy atom. The molecule has 0 nitrogen and oxygen atoms in total. The van der Waals surface area contributed by atoms with E-state index < -0.39 is 0 Å². The zero-order chi connectivity index (χ0) is 13.7. The maximum atomic E-state index is 2.50. The van der Waals surface area contributed by atoms with Crippen molar-refractivity contribution >= 4 is 0 Å². The van der Waals surface area contributed by atoms with Gasteiger partial charge in [-0.2, -0.15) is 0 Å². The van der Waals surface area contributed by atoms with Gasteiger partial charge in [0, 0.05) is 0 Å². The van der Waals surface area contributed by atoms with Crippen molar-refractivity contribution in [3.63, 3.8) is 0 Å². The van der Waals surface area contributed by atoms with Crippen LogP contribution in [0.25, 0.3) is 0 Å². The van der Waals surface area contributed by atoms with Crippen LogP contribution in [-0.4, -0.2) is 0 Å². The van der Waals surface area contributed by atoms with Crippen LogP contribution in [0.2, 0.25) is 0 Å². The summed E-state index contributed by atoms with van der Waals surface area (Å²) >= 11 is 0. The van der Waals surface area contributed by atoms with Gasteiger partial charge in [-0.15, -0.1) is 0 Å². The van der Waals surface area contributed by atoms with Gasteiger partial charge >= 0.3 is 0 Å². The SMILES string of the molecule is CCCC1C(CC)C2C(C)C(C)=C(C)C(C)(C)C12. The standard InChI is InChI=1S/C18H32/c1-8-10-15-14(9-2)16-12(4)11(3)13(5)18(6,7)17(15)16/h12,14-17H,8-10H2,1-7H3. The summed E-state index contributed by atoms with van der Waals surface area (Å²) in [5.74, 6) is 4.71. The molecule has 0 aliphatic heterocycles. The second kappa shape index (κ2) is 4.69. The third-order valence-corrected chi connectivity index (χ3v) is 6.67. The molecular formula is C18H32. The van der Waals surface area contributed by atoms with E-state index in [2.05, 4.69) is 48.5 Å². The maximum absolute atomic E-state index is 2.50. The molecule has 0 aromatic heterocycles. The third-order valence-electron chi connectivity index (χ3n) is 6.67. The minimum Gasteiger partial charge on any atom is -0.0707 e. The molecule has 5 unspecified atom stereocenters. The van der Waals surface area contributed by atoms with Gasteiger partial charge in [-0.1, -0.05) is 65.0 Å². The van der Waals surface area contributed by atoms with Crippen molar-refractivity contribution in [2.45, 2.75) is 67.7 Å². The van der Waals surface area contributed by atoms with Crippen molar-refractivity contribution in [3.05, 3.63) is 11.1 Å². The van der Waals surface area contributed by atoms with Crippen LogP contribution in [0.15, 0.2) is 11.1 Å². The van der Waals surface area contributed by atoms with Gasteiger partial charge in [0.25, 0.3) is 0 Å². The highest BCUT2D eigenvalue weighted by atomic mass is 14.6. The molecule has 0 heterocycles. The summed E-state index contributed by atoms with van der Waals surface area (Å²) in [6.07, 6.45) is 4.19. The quantitative estimate of drug-likeness (QED) is 0.563. The van der Waals surface area contributed by atoms with Crippen LogP contribution in [0.4, 0.5) is 0 Å². The van der Waals surface area contributed by atoms with Gasteiger partial charge in [-0.3, -0.25) is 0 Å². The minimum absolute atomic E-state index is 0.437. The first-order valence-electron chi connectivity index (χ1n) is 8.05. The van der Waals surface area contributed by atoms with Crippen molar-refractivity contribution in [1.82, 2.24) is 0 Å². The fraction of sp³-hybridized carbons (Fsp3) is 0.889. The van der Waals surface area contributed by atoms with E-state index in [0.717, 1.165) is 29.6 Å². The molecule has 18 heavy (non-hydrogen) atoms. The van der Waals surface area contributed by atoms with Gasteiger partial charge in [-0.25, -0.2) is 0 Å². The zero-order valence-electron chi connectivity index (χ0n) is 13.5. The van der Waals surface area contributed by atoms with E-state index in [1.54, 1.807) is 11.1 Å². The predicted octanol–water partition coefficient (Wildman–Crippen LogP) is 5.69. The monoisotopic (exact) mass is 248 g/mol. The Labute approximate surface area is 114 Å². The van der Waals surface area contributed by atoms with Crippen molar-refractivity contribution in [1.29, 1.82) is 0 Å². The highest BCUT2D eigenvalue weighted by Crippen LogP contribution is 2.65. The summed E-state index contributed by atoms with van der Waals surface area (Å²) in [6, 6.07) is 0. The molecule has 0 bridgehead atoms. The normalized spacial score (nSPS) is 42.5. The first-order chi connectivity index (χ1) is 8.37. The summed E-state index contributed by atoms with van der Waals surface area (Å²) < 4.78 is 0. The van der Waals surface area contributed by atoms with Gasteiger partial charge < -0.3 is 0 Å². The first-order valence-corrected chi connectivity index (χ1v) is 8.05. The second-order valence-corrected chi connectivity index (χ2v) is 7.45. The van der Waals surface area contributed by atoms with Crippen molar-refractivity contribution < 1.29 is 0 Å². The van der Waals surface area contributed by atoms with Gasteiger partial charge in [0.05, 0.1) is 0 Å². The van der Waals surface area contributed by atoms with Crippen LogP contribution in [0.3, 0.4) is 0 Å². The van der Waals surface area contributed by atoms with Gasteiger partial charge in [0.1, 0.15) is 0 Å². The number of hydrogen-bond acceptors (Lipinski definition) is 0. The van der Waals surface area contributed by atoms with E-state index in [1.807, 2.05) is 0 Å². The average molecular weight is 248 g/mol. The first kappa shape index (κ1) is 14.2. The van der Waals surface area contributed by atoms with Crippen LogP contribution in [-0.2, 0) is 0 Å². The van der Waals surface area contributed by atoms with Crippen LogP contribution < -0.4 is 0 Å². The molecule has 0 spiro atoms. The van der Waals surface area contributed by atoms with E-state index in [0.29, 0.717) is 5.41 Å². The molecule has 2 rings (SSSR count). The second-order valence-electron chi connectivity index (χ2n) is 7.45. The van der Waals surface area contributed by atoms with Crippen molar-refractivity contribution in [2.75, 3.05) is 0 Å². The lowest BCUT2D eigenvalue weighted by Crippen LogP contribution is -2.58. The molecular weight excluding hydrogens is 216 g/mol. The molecule has 0 aromatic carbocycles. The van der Waals surface area contributed by atoms with E-state index in [1.165, 1.54) is 19.3 Å². The van der Waals surface area contributed by atoms with E-state index in [9.17, 15) is 0 Å². The summed E-state index contributed by atoms with van der Waals surface area (Å²) in [7, 11) is 0. The maximum Gasteiger partial charge on any atom is -0.0111 e. The van der Waals surface area contributed by atoms with Crippen LogP contribution in [0.5, 0.6) is 0 Å². The largest absolute Gasteiger partial charge is 0.0707 e. The molecule has 0 aromatic rings. The Morgan fingerprint density at radius 2 is 1.67 bits per heavy atom. The van der Waals surface area contributed by atoms with E-state index in [4.69, 9.17) is 0 Å². The molecule has 2 aliphatic rings. The number of allylic oxidation sites excluding steroid dienone is 2. The Kier molecular flexibility index (Phi) is 3.69. The highest BCUT2D eigenvalue weighted by molar-refractivity contribution is 5.29. The topological polar surface area (TPSA) is 0 Å². The van der Waals surface area contributed by atoms with Crippen molar-refractivity contribution in [3.8, 4) is 0 Å². The smallest absolute Gasteiger partial charge is 0.0111 e. The Morgan fingerprint density at radius 1 is 1.06 bits per heavy atom. The molecule has 0 N–H and O–H groups in total. The third kappa shape index (κ3) is 1.71. The molecule has 104 valence electrons. The number of rotatable bonds is 3. The molecule has 1 saturated carbocycles. The van der Waals surface area contributed by atoms with Gasteiger partial charge in [0.2, 0.25) is 0 Å². The Bertz CT molecular complexity index is 347. The summed E-state index contributed by atoms with van der Waals surface area (Å²) in [5, 5.41) is 0. The lowest BCUT2D eigenvalue weighted by atomic mass is 9.40. The fourth-order valence-electron chi connectivity index (χ4n) is 5.35. The summed E-state index contributed by atoms with van der Waals surface area (Å²) in [5.41, 5.74) is 3.81. The van der Waals surface area contributed by atoms with Crippen LogP contribution in [0, 0.1) is 35.0 Å². The van der Waals surface area contributed by atoms with Crippen LogP contribution >= 0.6 is 0 Å². The lowest BCUT2D eigenvalue weighted by Gasteiger charge is -2.64. The van der Waals surface area contributed by atoms with Crippen molar-refractivity contribution in [2.24, 2.45) is 35.0 Å².